The molecule has 0 aliphatic carbocycles. The molecule has 1 aliphatic heterocycles. The molecule has 5 heteroatoms. The Morgan fingerprint density at radius 2 is 1.56 bits per heavy atom. The minimum Gasteiger partial charge on any atom is -0.459 e. The lowest BCUT2D eigenvalue weighted by Crippen LogP contribution is -2.20. The van der Waals surface area contributed by atoms with Gasteiger partial charge in [0.05, 0.1) is 17.2 Å². The van der Waals surface area contributed by atoms with Crippen LogP contribution in [0.1, 0.15) is 39.1 Å². The second-order valence-corrected chi connectivity index (χ2v) is 5.84. The number of esters is 2. The van der Waals surface area contributed by atoms with E-state index >= 15 is 0 Å². The van der Waals surface area contributed by atoms with E-state index in [1.165, 1.54) is 0 Å². The van der Waals surface area contributed by atoms with Crippen LogP contribution in [0.3, 0.4) is 0 Å². The molecule has 0 N–H and O–H groups in total. The fourth-order valence-corrected chi connectivity index (χ4v) is 2.66. The van der Waals surface area contributed by atoms with Crippen molar-refractivity contribution in [1.82, 2.24) is 0 Å². The SMILES string of the molecule is O=C(OCc1ccccc1)c1ccccc1C(=O)OCC1CCCO1. The summed E-state index contributed by atoms with van der Waals surface area (Å²) < 4.78 is 16.0. The van der Waals surface area contributed by atoms with Crippen LogP contribution in [-0.4, -0.2) is 31.3 Å². The third-order valence-electron chi connectivity index (χ3n) is 4.00. The summed E-state index contributed by atoms with van der Waals surface area (Å²) >= 11 is 0. The molecule has 1 atom stereocenters. The highest BCUT2D eigenvalue weighted by Gasteiger charge is 2.22. The number of hydrogen-bond acceptors (Lipinski definition) is 5. The quantitative estimate of drug-likeness (QED) is 0.755. The Morgan fingerprint density at radius 3 is 2.20 bits per heavy atom. The van der Waals surface area contributed by atoms with Gasteiger partial charge >= 0.3 is 11.9 Å². The zero-order valence-electron chi connectivity index (χ0n) is 13.9. The zero-order valence-corrected chi connectivity index (χ0v) is 13.9. The molecule has 0 spiro atoms. The van der Waals surface area contributed by atoms with Crippen molar-refractivity contribution < 1.29 is 23.8 Å². The van der Waals surface area contributed by atoms with Gasteiger partial charge in [-0.2, -0.15) is 0 Å². The number of benzene rings is 2. The molecule has 25 heavy (non-hydrogen) atoms. The molecule has 1 heterocycles. The minimum atomic E-state index is -0.548. The average molecular weight is 340 g/mol. The van der Waals surface area contributed by atoms with Crippen LogP contribution in [0.15, 0.2) is 54.6 Å². The van der Waals surface area contributed by atoms with Crippen molar-refractivity contribution in [3.8, 4) is 0 Å². The summed E-state index contributed by atoms with van der Waals surface area (Å²) in [6.45, 7) is 1.05. The Kier molecular flexibility index (Phi) is 5.80. The highest BCUT2D eigenvalue weighted by Crippen LogP contribution is 2.16. The highest BCUT2D eigenvalue weighted by atomic mass is 16.6. The molecule has 5 nitrogen and oxygen atoms in total. The number of hydrogen-bond donors (Lipinski definition) is 0. The van der Waals surface area contributed by atoms with Gasteiger partial charge in [0.2, 0.25) is 0 Å². The second kappa shape index (κ2) is 8.44. The van der Waals surface area contributed by atoms with Crippen LogP contribution >= 0.6 is 0 Å². The van der Waals surface area contributed by atoms with Crippen molar-refractivity contribution in [2.45, 2.75) is 25.6 Å². The zero-order chi connectivity index (χ0) is 17.5. The molecule has 0 saturated carbocycles. The lowest BCUT2D eigenvalue weighted by atomic mass is 10.1. The van der Waals surface area contributed by atoms with Gasteiger partial charge in [-0.3, -0.25) is 0 Å². The molecule has 3 rings (SSSR count). The third-order valence-corrected chi connectivity index (χ3v) is 4.00. The lowest BCUT2D eigenvalue weighted by Gasteiger charge is -2.12. The maximum absolute atomic E-state index is 12.3. The van der Waals surface area contributed by atoms with E-state index in [2.05, 4.69) is 0 Å². The smallest absolute Gasteiger partial charge is 0.339 e. The van der Waals surface area contributed by atoms with Gasteiger partial charge in [-0.1, -0.05) is 42.5 Å². The van der Waals surface area contributed by atoms with Crippen LogP contribution < -0.4 is 0 Å². The maximum Gasteiger partial charge on any atom is 0.339 e. The largest absolute Gasteiger partial charge is 0.459 e. The summed E-state index contributed by atoms with van der Waals surface area (Å²) in [5, 5.41) is 0. The molecule has 2 aromatic carbocycles. The van der Waals surface area contributed by atoms with Crippen LogP contribution in [0.25, 0.3) is 0 Å². The Hall–Kier alpha value is -2.66. The van der Waals surface area contributed by atoms with Gasteiger partial charge in [-0.05, 0) is 30.5 Å². The van der Waals surface area contributed by atoms with Crippen molar-refractivity contribution in [2.24, 2.45) is 0 Å². The van der Waals surface area contributed by atoms with Crippen LogP contribution in [0.2, 0.25) is 0 Å². The van der Waals surface area contributed by atoms with E-state index in [-0.39, 0.29) is 30.4 Å². The highest BCUT2D eigenvalue weighted by molar-refractivity contribution is 6.03. The predicted octanol–water partition coefficient (Wildman–Crippen LogP) is 3.38. The Balaban J connectivity index is 1.62. The fraction of sp³-hybridized carbons (Fsp3) is 0.300. The van der Waals surface area contributed by atoms with Crippen molar-refractivity contribution in [3.05, 3.63) is 71.3 Å². The van der Waals surface area contributed by atoms with Crippen molar-refractivity contribution >= 4 is 11.9 Å². The average Bonchev–Trinajstić information content (AvgIpc) is 3.18. The van der Waals surface area contributed by atoms with E-state index in [4.69, 9.17) is 14.2 Å². The lowest BCUT2D eigenvalue weighted by molar-refractivity contribution is 0.0157. The van der Waals surface area contributed by atoms with E-state index in [0.29, 0.717) is 6.61 Å². The van der Waals surface area contributed by atoms with Gasteiger partial charge in [0.1, 0.15) is 13.2 Å². The van der Waals surface area contributed by atoms with Gasteiger partial charge in [0.25, 0.3) is 0 Å². The van der Waals surface area contributed by atoms with Crippen LogP contribution in [-0.2, 0) is 20.8 Å². The summed E-state index contributed by atoms with van der Waals surface area (Å²) in [7, 11) is 0. The number of carbonyl (C=O) groups is 2. The number of rotatable bonds is 6. The Labute approximate surface area is 146 Å². The summed E-state index contributed by atoms with van der Waals surface area (Å²) in [6.07, 6.45) is 1.81. The van der Waals surface area contributed by atoms with E-state index in [9.17, 15) is 9.59 Å². The molecule has 0 radical (unpaired) electrons. The number of carbonyl (C=O) groups excluding carboxylic acids is 2. The molecule has 1 fully saturated rings. The molecule has 0 bridgehead atoms. The molecule has 130 valence electrons. The first-order valence-corrected chi connectivity index (χ1v) is 8.33. The standard InChI is InChI=1S/C20H20O5/c21-19(24-13-15-7-2-1-3-8-15)17-10-4-5-11-18(17)20(22)25-14-16-9-6-12-23-16/h1-5,7-8,10-11,16H,6,9,12-14H2. The van der Waals surface area contributed by atoms with Crippen LogP contribution in [0, 0.1) is 0 Å². The second-order valence-electron chi connectivity index (χ2n) is 5.84. The molecule has 0 amide bonds. The summed E-state index contributed by atoms with van der Waals surface area (Å²) in [4.78, 5) is 24.7. The molecular formula is C20H20O5. The van der Waals surface area contributed by atoms with Crippen molar-refractivity contribution in [3.63, 3.8) is 0 Å². The fourth-order valence-electron chi connectivity index (χ4n) is 2.66. The first-order chi connectivity index (χ1) is 12.2. The molecule has 1 unspecified atom stereocenters. The van der Waals surface area contributed by atoms with E-state index in [0.717, 1.165) is 18.4 Å². The van der Waals surface area contributed by atoms with E-state index < -0.39 is 11.9 Å². The molecule has 1 saturated heterocycles. The van der Waals surface area contributed by atoms with Gasteiger partial charge < -0.3 is 14.2 Å². The van der Waals surface area contributed by atoms with Crippen LogP contribution in [0.4, 0.5) is 0 Å². The topological polar surface area (TPSA) is 61.8 Å². The maximum atomic E-state index is 12.3. The molecule has 2 aromatic rings. The predicted molar refractivity (Wildman–Crippen MR) is 91.3 cm³/mol. The van der Waals surface area contributed by atoms with E-state index in [1.54, 1.807) is 24.3 Å². The first-order valence-electron chi connectivity index (χ1n) is 8.33. The van der Waals surface area contributed by atoms with Crippen LogP contribution in [0.5, 0.6) is 0 Å². The monoisotopic (exact) mass is 340 g/mol. The summed E-state index contributed by atoms with van der Waals surface area (Å²) in [6, 6.07) is 15.9. The molecule has 1 aliphatic rings. The molecule has 0 aromatic heterocycles. The first kappa shape index (κ1) is 17.2. The third kappa shape index (κ3) is 4.67. The van der Waals surface area contributed by atoms with Gasteiger partial charge in [0.15, 0.2) is 0 Å². The van der Waals surface area contributed by atoms with Crippen molar-refractivity contribution in [2.75, 3.05) is 13.2 Å². The number of ether oxygens (including phenoxy) is 3. The molecular weight excluding hydrogens is 320 g/mol. The summed E-state index contributed by atoms with van der Waals surface area (Å²) in [5.41, 5.74) is 1.30. The van der Waals surface area contributed by atoms with Gasteiger partial charge in [-0.15, -0.1) is 0 Å². The van der Waals surface area contributed by atoms with E-state index in [1.807, 2.05) is 30.3 Å². The van der Waals surface area contributed by atoms with Crippen molar-refractivity contribution in [1.29, 1.82) is 0 Å². The van der Waals surface area contributed by atoms with Gasteiger partial charge in [0, 0.05) is 6.61 Å². The summed E-state index contributed by atoms with van der Waals surface area (Å²) in [5.74, 6) is -1.09. The normalized spacial score (nSPS) is 16.4. The Bertz CT molecular complexity index is 720. The Morgan fingerprint density at radius 1 is 0.920 bits per heavy atom. The minimum absolute atomic E-state index is 0.0545. The van der Waals surface area contributed by atoms with Gasteiger partial charge in [-0.25, -0.2) is 9.59 Å².